The molecular weight excluding hydrogens is 733 g/mol. The molecule has 1 amide bonds. The van der Waals surface area contributed by atoms with Crippen LogP contribution in [-0.4, -0.2) is 53.5 Å². The summed E-state index contributed by atoms with van der Waals surface area (Å²) in [4.78, 5) is 36.1. The molecule has 2 heterocycles. The van der Waals surface area contributed by atoms with Gasteiger partial charge >= 0.3 is 18.0 Å². The number of carbonyl (C=O) groups is 3. The zero-order valence-electron chi connectivity index (χ0n) is 28.9. The van der Waals surface area contributed by atoms with Crippen LogP contribution in [0.3, 0.4) is 0 Å². The Morgan fingerprint density at radius 3 is 1.63 bits per heavy atom. The van der Waals surface area contributed by atoms with Crippen molar-refractivity contribution in [3.8, 4) is 0 Å². The van der Waals surface area contributed by atoms with E-state index in [1.54, 1.807) is 12.1 Å². The molecule has 0 bridgehead atoms. The molecule has 0 saturated heterocycles. The molecule has 0 aliphatic carbocycles. The molecule has 0 saturated carbocycles. The second kappa shape index (κ2) is 17.6. The molecule has 0 spiro atoms. The number of benzene rings is 2. The Morgan fingerprint density at radius 1 is 0.796 bits per heavy atom. The number of methoxy groups -OCH3 is 2. The van der Waals surface area contributed by atoms with Crippen LogP contribution < -0.4 is 5.32 Å². The molecule has 0 radical (unpaired) electrons. The normalized spacial score (nSPS) is 11.1. The van der Waals surface area contributed by atoms with E-state index in [-0.39, 0.29) is 32.9 Å². The summed E-state index contributed by atoms with van der Waals surface area (Å²) in [6, 6.07) is 7.43. The zero-order valence-corrected chi connectivity index (χ0v) is 32.0. The van der Waals surface area contributed by atoms with Gasteiger partial charge in [0.1, 0.15) is 5.60 Å². The van der Waals surface area contributed by atoms with Crippen LogP contribution in [0.15, 0.2) is 28.9 Å². The van der Waals surface area contributed by atoms with Crippen molar-refractivity contribution in [2.75, 3.05) is 20.8 Å². The Bertz CT molecular complexity index is 1820. The summed E-state index contributed by atoms with van der Waals surface area (Å²) in [6.07, 6.45) is 0.145. The number of esters is 2. The summed E-state index contributed by atoms with van der Waals surface area (Å²) in [5, 5.41) is 5.51. The highest BCUT2D eigenvalue weighted by atomic mass is 79.9. The fraction of sp³-hybridized carbons (Fsp3) is 0.486. The topological polar surface area (TPSA) is 101 Å². The number of alkyl carbamates (subject to hydrolysis) is 1. The SMILES string of the molecule is C.C.COC(=O)c1cc(Cl)cc2c1c(C)c(Br)n2C(C)C.COC(=O)c1cc(Cl)cc2c1c(C)c(CCNC(=O)OC(C)(C)C)n2C(C)C. The minimum atomic E-state index is -0.543. The number of aryl methyl sites for hydroxylation is 2. The average molecular weight is 786 g/mol. The summed E-state index contributed by atoms with van der Waals surface area (Å²) in [5.41, 5.74) is 5.26. The smallest absolute Gasteiger partial charge is 0.407 e. The monoisotopic (exact) mass is 783 g/mol. The lowest BCUT2D eigenvalue weighted by atomic mass is 10.0. The number of amides is 1. The van der Waals surface area contributed by atoms with Gasteiger partial charge < -0.3 is 28.7 Å². The summed E-state index contributed by atoms with van der Waals surface area (Å²) >= 11 is 16.0. The predicted molar refractivity (Wildman–Crippen MR) is 206 cm³/mol. The van der Waals surface area contributed by atoms with Gasteiger partial charge in [0.05, 0.1) is 41.0 Å². The standard InChI is InChI=1S/C21H29ClN2O4.C14H15BrClNO2.2CH4/c1-12(2)24-16(8-9-23-20(26)28-21(4,5)6)13(3)18-15(19(25)27-7)10-14(22)11-17(18)24;1-7(2)17-11-6-9(16)5-10(14(18)19-4)12(11)8(3)13(17)15;;/h10-12H,8-9H2,1-7H3,(H,23,26);5-7H,1-4H3;2*1H4. The highest BCUT2D eigenvalue weighted by Gasteiger charge is 2.24. The molecule has 4 aromatic rings. The van der Waals surface area contributed by atoms with Gasteiger partial charge in [0.15, 0.2) is 0 Å². The lowest BCUT2D eigenvalue weighted by Gasteiger charge is -2.20. The van der Waals surface area contributed by atoms with E-state index in [4.69, 9.17) is 37.4 Å². The second-order valence-electron chi connectivity index (χ2n) is 12.8. The number of nitrogens with zero attached hydrogens (tertiary/aromatic N) is 2. The van der Waals surface area contributed by atoms with Crippen LogP contribution in [0.4, 0.5) is 4.79 Å². The van der Waals surface area contributed by atoms with Gasteiger partial charge in [-0.15, -0.1) is 0 Å². The van der Waals surface area contributed by atoms with Crippen LogP contribution in [0.25, 0.3) is 21.8 Å². The number of carbonyl (C=O) groups excluding carboxylic acids is 3. The van der Waals surface area contributed by atoms with Crippen LogP contribution in [0, 0.1) is 13.8 Å². The maximum atomic E-state index is 12.3. The molecule has 12 heteroatoms. The number of aromatic nitrogens is 2. The van der Waals surface area contributed by atoms with Crippen molar-refractivity contribution in [1.29, 1.82) is 0 Å². The van der Waals surface area contributed by atoms with Gasteiger partial charge in [-0.1, -0.05) is 38.1 Å². The molecule has 1 N–H and O–H groups in total. The Hall–Kier alpha value is -3.21. The molecule has 0 unspecified atom stereocenters. The average Bonchev–Trinajstić information content (AvgIpc) is 3.39. The third-order valence-electron chi connectivity index (χ3n) is 7.55. The number of rotatable bonds is 7. The molecule has 9 nitrogen and oxygen atoms in total. The van der Waals surface area contributed by atoms with E-state index in [1.165, 1.54) is 14.2 Å². The van der Waals surface area contributed by atoms with E-state index in [9.17, 15) is 14.4 Å². The van der Waals surface area contributed by atoms with Gasteiger partial charge in [-0.25, -0.2) is 14.4 Å². The lowest BCUT2D eigenvalue weighted by molar-refractivity contribution is 0.0526. The first kappa shape index (κ1) is 43.8. The fourth-order valence-electron chi connectivity index (χ4n) is 5.75. The van der Waals surface area contributed by atoms with Gasteiger partial charge in [-0.05, 0) is 114 Å². The van der Waals surface area contributed by atoms with Gasteiger partial charge in [-0.3, -0.25) is 0 Å². The molecular formula is C37H52BrCl2N3O6. The van der Waals surface area contributed by atoms with Crippen LogP contribution in [-0.2, 0) is 20.6 Å². The summed E-state index contributed by atoms with van der Waals surface area (Å²) in [6.45, 7) is 18.2. The lowest BCUT2D eigenvalue weighted by Crippen LogP contribution is -2.33. The van der Waals surface area contributed by atoms with E-state index >= 15 is 0 Å². The molecule has 4 rings (SSSR count). The van der Waals surface area contributed by atoms with Gasteiger partial charge in [0.25, 0.3) is 0 Å². The Balaban J connectivity index is 0.000000502. The molecule has 0 fully saturated rings. The van der Waals surface area contributed by atoms with Gasteiger partial charge in [0.2, 0.25) is 0 Å². The van der Waals surface area contributed by atoms with Crippen LogP contribution in [0.2, 0.25) is 10.0 Å². The number of hydrogen-bond acceptors (Lipinski definition) is 6. The summed E-state index contributed by atoms with van der Waals surface area (Å²) < 4.78 is 20.3. The quantitative estimate of drug-likeness (QED) is 0.148. The molecule has 272 valence electrons. The number of hydrogen-bond donors (Lipinski definition) is 1. The largest absolute Gasteiger partial charge is 0.465 e. The molecule has 0 aliphatic rings. The molecule has 49 heavy (non-hydrogen) atoms. The number of nitrogens with one attached hydrogen (secondary N) is 1. The predicted octanol–water partition coefficient (Wildman–Crippen LogP) is 11.0. The van der Waals surface area contributed by atoms with Crippen molar-refractivity contribution in [2.24, 2.45) is 0 Å². The summed E-state index contributed by atoms with van der Waals surface area (Å²) in [7, 11) is 2.73. The number of halogens is 3. The first-order valence-electron chi connectivity index (χ1n) is 15.3. The van der Waals surface area contributed by atoms with E-state index in [1.807, 2.05) is 46.8 Å². The van der Waals surface area contributed by atoms with Gasteiger partial charge in [-0.2, -0.15) is 0 Å². The Kier molecular flexibility index (Phi) is 15.8. The molecule has 0 atom stereocenters. The second-order valence-corrected chi connectivity index (χ2v) is 14.4. The minimum absolute atomic E-state index is 0. The molecule has 0 aliphatic heterocycles. The van der Waals surface area contributed by atoms with Crippen molar-refractivity contribution in [3.63, 3.8) is 0 Å². The molecule has 2 aromatic heterocycles. The number of ether oxygens (including phenoxy) is 3. The Labute approximate surface area is 309 Å². The van der Waals surface area contributed by atoms with Crippen LogP contribution >= 0.6 is 39.1 Å². The first-order chi connectivity index (χ1) is 21.8. The van der Waals surface area contributed by atoms with Crippen molar-refractivity contribution in [3.05, 3.63) is 66.9 Å². The van der Waals surface area contributed by atoms with E-state index < -0.39 is 17.7 Å². The third-order valence-corrected chi connectivity index (χ3v) is 8.96. The van der Waals surface area contributed by atoms with Crippen molar-refractivity contribution >= 4 is 79.0 Å². The first-order valence-corrected chi connectivity index (χ1v) is 16.8. The minimum Gasteiger partial charge on any atom is -0.465 e. The third kappa shape index (κ3) is 9.73. The Morgan fingerprint density at radius 2 is 1.22 bits per heavy atom. The van der Waals surface area contributed by atoms with Crippen molar-refractivity contribution in [2.45, 2.75) is 101 Å². The van der Waals surface area contributed by atoms with E-state index in [0.29, 0.717) is 34.1 Å². The van der Waals surface area contributed by atoms with E-state index in [2.05, 4.69) is 58.1 Å². The fourth-order valence-corrected chi connectivity index (χ4v) is 6.98. The van der Waals surface area contributed by atoms with Crippen LogP contribution in [0.1, 0.15) is 113 Å². The summed E-state index contributed by atoms with van der Waals surface area (Å²) in [5.74, 6) is -0.793. The zero-order chi connectivity index (χ0) is 35.5. The van der Waals surface area contributed by atoms with Crippen molar-refractivity contribution < 1.29 is 28.6 Å². The highest BCUT2D eigenvalue weighted by molar-refractivity contribution is 9.10. The van der Waals surface area contributed by atoms with Crippen LogP contribution in [0.5, 0.6) is 0 Å². The molecule has 2 aromatic carbocycles. The van der Waals surface area contributed by atoms with Crippen molar-refractivity contribution in [1.82, 2.24) is 14.5 Å². The number of fused-ring (bicyclic) bond motifs is 2. The maximum absolute atomic E-state index is 12.3. The van der Waals surface area contributed by atoms with Gasteiger partial charge in [0, 0.05) is 51.6 Å². The van der Waals surface area contributed by atoms with E-state index in [0.717, 1.165) is 43.2 Å². The highest BCUT2D eigenvalue weighted by Crippen LogP contribution is 2.37. The maximum Gasteiger partial charge on any atom is 0.407 e.